The Labute approximate surface area is 68.4 Å². The van der Waals surface area contributed by atoms with Crippen molar-refractivity contribution < 1.29 is 37.7 Å². The van der Waals surface area contributed by atoms with Crippen molar-refractivity contribution in [2.24, 2.45) is 0 Å². The maximum atomic E-state index is 2.93. The van der Waals surface area contributed by atoms with E-state index in [0.29, 0.717) is 0 Å². The van der Waals surface area contributed by atoms with Crippen LogP contribution in [0.2, 0.25) is 0 Å². The Morgan fingerprint density at radius 2 is 2.00 bits per heavy atom. The zero-order valence-electron chi connectivity index (χ0n) is 4.86. The van der Waals surface area contributed by atoms with Gasteiger partial charge in [-0.25, -0.2) is 6.42 Å². The average molecular weight is 78.0 g/mol. The normalized spacial score (nSPS) is 12.6. The molecule has 0 aromatic heterocycles. The predicted octanol–water partition coefficient (Wildman–Crippen LogP) is -4.88. The van der Waals surface area contributed by atoms with Crippen molar-refractivity contribution in [3.05, 3.63) is 24.3 Å². The van der Waals surface area contributed by atoms with Crippen LogP contribution in [0.1, 0.15) is 6.42 Å². The van der Waals surface area contributed by atoms with Gasteiger partial charge in [0.1, 0.15) is 0 Å². The summed E-state index contributed by atoms with van der Waals surface area (Å²) in [4.78, 5) is 0. The molecule has 0 bridgehead atoms. The third kappa shape index (κ3) is 4.53. The molecule has 7 heavy (non-hydrogen) atoms. The fourth-order valence-electron chi connectivity index (χ4n) is 0.295. The summed E-state index contributed by atoms with van der Waals surface area (Å²) in [5.74, 6) is 0. The van der Waals surface area contributed by atoms with Crippen LogP contribution in [0.5, 0.6) is 0 Å². The molecule has 1 rings (SSSR count). The molecule has 0 atom stereocenters. The van der Waals surface area contributed by atoms with E-state index in [1.54, 1.807) is 6.08 Å². The Morgan fingerprint density at radius 1 is 1.29 bits per heavy atom. The standard InChI is InChI=1S/C5H4.2Li/c1-2-4-5-3-1;;/h1,5H,2H2;;/q-2;2*+1. The topological polar surface area (TPSA) is 0 Å². The van der Waals surface area contributed by atoms with Gasteiger partial charge in [-0.3, -0.25) is 6.08 Å². The molecule has 2 heteroatoms. The zero-order chi connectivity index (χ0) is 3.54. The fourth-order valence-corrected chi connectivity index (χ4v) is 0.295. The van der Waals surface area contributed by atoms with Crippen molar-refractivity contribution in [2.45, 2.75) is 6.42 Å². The van der Waals surface area contributed by atoms with Crippen LogP contribution in [0.4, 0.5) is 0 Å². The maximum absolute atomic E-state index is 2.93. The van der Waals surface area contributed by atoms with Gasteiger partial charge >= 0.3 is 37.7 Å². The molecule has 0 fully saturated rings. The first kappa shape index (κ1) is 10.6. The molecule has 26 valence electrons. The van der Waals surface area contributed by atoms with Gasteiger partial charge in [0.25, 0.3) is 0 Å². The van der Waals surface area contributed by atoms with E-state index in [1.165, 1.54) is 0 Å². The Hall–Kier alpha value is 0.675. The molecule has 0 aromatic carbocycles. The van der Waals surface area contributed by atoms with Gasteiger partial charge in [0.2, 0.25) is 0 Å². The van der Waals surface area contributed by atoms with Gasteiger partial charge in [-0.2, -0.15) is 0 Å². The third-order valence-electron chi connectivity index (χ3n) is 0.523. The molecule has 0 amide bonds. The molecule has 0 aromatic rings. The summed E-state index contributed by atoms with van der Waals surface area (Å²) in [6.07, 6.45) is 10.5. The first-order chi connectivity index (χ1) is 2.50. The largest absolute Gasteiger partial charge is 1.00 e. The van der Waals surface area contributed by atoms with Gasteiger partial charge in [0.05, 0.1) is 0 Å². The molecular formula is C5H4Li2. The predicted molar refractivity (Wildman–Crippen MR) is 20.2 cm³/mol. The maximum Gasteiger partial charge on any atom is 1.00 e. The van der Waals surface area contributed by atoms with Crippen LogP contribution < -0.4 is 37.7 Å². The van der Waals surface area contributed by atoms with Crippen molar-refractivity contribution in [3.8, 4) is 0 Å². The molecule has 0 saturated heterocycles. The number of allylic oxidation sites excluding steroid dienone is 4. The van der Waals surface area contributed by atoms with Crippen LogP contribution in [0.15, 0.2) is 12.2 Å². The van der Waals surface area contributed by atoms with Crippen molar-refractivity contribution in [2.75, 3.05) is 0 Å². The fraction of sp³-hybridized carbons (Fsp3) is 0.200. The Balaban J connectivity index is 0. The second kappa shape index (κ2) is 6.67. The molecule has 1 aliphatic rings. The zero-order valence-corrected chi connectivity index (χ0v) is 4.86. The number of hydrogen-bond acceptors (Lipinski definition) is 0. The second-order valence-electron chi connectivity index (χ2n) is 0.923. The third-order valence-corrected chi connectivity index (χ3v) is 0.523. The van der Waals surface area contributed by atoms with E-state index in [-0.39, 0.29) is 37.7 Å². The smallest absolute Gasteiger partial charge is 0.532 e. The summed E-state index contributed by atoms with van der Waals surface area (Å²) in [5, 5.41) is 0. The van der Waals surface area contributed by atoms with Gasteiger partial charge in [-0.05, 0) is 0 Å². The van der Waals surface area contributed by atoms with Crippen molar-refractivity contribution in [1.82, 2.24) is 0 Å². The van der Waals surface area contributed by atoms with Crippen LogP contribution in [-0.4, -0.2) is 0 Å². The molecule has 0 saturated carbocycles. The van der Waals surface area contributed by atoms with E-state index in [9.17, 15) is 0 Å². The van der Waals surface area contributed by atoms with Crippen LogP contribution in [0.3, 0.4) is 0 Å². The molecule has 0 nitrogen and oxygen atoms in total. The summed E-state index contributed by atoms with van der Waals surface area (Å²) >= 11 is 0. The Kier molecular flexibility index (Phi) is 10.1. The minimum atomic E-state index is 0. The van der Waals surface area contributed by atoms with E-state index in [1.807, 2.05) is 6.08 Å². The Morgan fingerprint density at radius 3 is 2.14 bits per heavy atom. The van der Waals surface area contributed by atoms with E-state index in [2.05, 4.69) is 12.2 Å². The van der Waals surface area contributed by atoms with E-state index in [4.69, 9.17) is 0 Å². The quantitative estimate of drug-likeness (QED) is 0.201. The minimum absolute atomic E-state index is 0. The van der Waals surface area contributed by atoms with Crippen molar-refractivity contribution in [1.29, 1.82) is 0 Å². The Bertz CT molecular complexity index is 64.1. The summed E-state index contributed by atoms with van der Waals surface area (Å²) in [5.41, 5.74) is 0. The number of rotatable bonds is 0. The van der Waals surface area contributed by atoms with Crippen molar-refractivity contribution >= 4 is 0 Å². The van der Waals surface area contributed by atoms with Gasteiger partial charge < -0.3 is 18.2 Å². The average Bonchev–Trinajstić information content (AvgIpc) is 1.76. The van der Waals surface area contributed by atoms with E-state index >= 15 is 0 Å². The summed E-state index contributed by atoms with van der Waals surface area (Å²) in [7, 11) is 0. The van der Waals surface area contributed by atoms with Gasteiger partial charge in [-0.15, -0.1) is 0 Å². The monoisotopic (exact) mass is 78.1 g/mol. The van der Waals surface area contributed by atoms with E-state index < -0.39 is 0 Å². The van der Waals surface area contributed by atoms with Crippen LogP contribution in [-0.2, 0) is 0 Å². The van der Waals surface area contributed by atoms with Gasteiger partial charge in [0.15, 0.2) is 0 Å². The van der Waals surface area contributed by atoms with Crippen molar-refractivity contribution in [3.63, 3.8) is 0 Å². The molecular weight excluding hydrogens is 73.9 g/mol. The molecule has 1 aliphatic carbocycles. The van der Waals surface area contributed by atoms with Crippen LogP contribution in [0.25, 0.3) is 0 Å². The second-order valence-corrected chi connectivity index (χ2v) is 0.923. The van der Waals surface area contributed by atoms with E-state index in [0.717, 1.165) is 6.42 Å². The first-order valence-corrected chi connectivity index (χ1v) is 1.63. The van der Waals surface area contributed by atoms with Crippen LogP contribution in [0, 0.1) is 12.2 Å². The molecule has 0 heterocycles. The minimum Gasteiger partial charge on any atom is -0.532 e. The molecule has 0 radical (unpaired) electrons. The van der Waals surface area contributed by atoms with Gasteiger partial charge in [0, 0.05) is 0 Å². The first-order valence-electron chi connectivity index (χ1n) is 1.63. The molecule has 0 aliphatic heterocycles. The summed E-state index contributed by atoms with van der Waals surface area (Å²) in [6.45, 7) is 0. The summed E-state index contributed by atoms with van der Waals surface area (Å²) < 4.78 is 0. The summed E-state index contributed by atoms with van der Waals surface area (Å²) in [6, 6.07) is 0. The SMILES string of the molecule is [C-]1=C[C-]=CC1.[Li+].[Li+]. The van der Waals surface area contributed by atoms with Gasteiger partial charge in [-0.1, -0.05) is 0 Å². The molecule has 0 spiro atoms. The number of hydrogen-bond donors (Lipinski definition) is 0. The molecule has 0 unspecified atom stereocenters. The van der Waals surface area contributed by atoms with Crippen LogP contribution >= 0.6 is 0 Å². The molecule has 0 N–H and O–H groups in total.